The minimum absolute atomic E-state index is 0.0904. The van der Waals surface area contributed by atoms with Crippen molar-refractivity contribution in [1.29, 1.82) is 0 Å². The average molecular weight is 497 g/mol. The number of fused-ring (bicyclic) bond motifs is 2. The van der Waals surface area contributed by atoms with Crippen molar-refractivity contribution < 1.29 is 26.7 Å². The number of hydrogen-bond donors (Lipinski definition) is 0. The molecular weight excluding hydrogens is 474 g/mol. The van der Waals surface area contributed by atoms with Crippen molar-refractivity contribution in [2.24, 2.45) is 0 Å². The van der Waals surface area contributed by atoms with E-state index in [1.807, 2.05) is 30.3 Å². The third-order valence-corrected chi connectivity index (χ3v) is 8.51. The maximum atomic E-state index is 13.4. The standard InChI is InChI=1S/C26H22F2N2O4S/c27-26(28)33-24-11-10-21(17-25(24)34-26)35(31,32)29-14-12-20(13-15-29)30-22-9-5-4-8-19(22)16-23(30)18-6-2-1-3-7-18/h1-11,16-17,20H,12-15H2. The molecule has 0 radical (unpaired) electrons. The largest absolute Gasteiger partial charge is 0.586 e. The van der Waals surface area contributed by atoms with E-state index in [1.165, 1.54) is 16.4 Å². The van der Waals surface area contributed by atoms with Gasteiger partial charge in [-0.25, -0.2) is 8.42 Å². The molecule has 180 valence electrons. The molecule has 2 aliphatic rings. The van der Waals surface area contributed by atoms with Gasteiger partial charge in [-0.15, -0.1) is 8.78 Å². The van der Waals surface area contributed by atoms with Crippen LogP contribution in [0.15, 0.2) is 83.8 Å². The number of nitrogens with zero attached hydrogens (tertiary/aromatic N) is 2. The zero-order valence-corrected chi connectivity index (χ0v) is 19.4. The minimum atomic E-state index is -3.87. The van der Waals surface area contributed by atoms with Gasteiger partial charge in [-0.3, -0.25) is 0 Å². The van der Waals surface area contributed by atoms with E-state index in [0.29, 0.717) is 25.9 Å². The third-order valence-electron chi connectivity index (χ3n) is 6.62. The van der Waals surface area contributed by atoms with Crippen molar-refractivity contribution in [3.05, 3.63) is 78.9 Å². The van der Waals surface area contributed by atoms with Gasteiger partial charge in [0.15, 0.2) is 11.5 Å². The van der Waals surface area contributed by atoms with E-state index < -0.39 is 16.3 Å². The number of para-hydroxylation sites is 1. The zero-order valence-electron chi connectivity index (χ0n) is 18.6. The van der Waals surface area contributed by atoms with Gasteiger partial charge in [-0.05, 0) is 42.7 Å². The molecule has 3 heterocycles. The summed E-state index contributed by atoms with van der Waals surface area (Å²) in [7, 11) is -3.87. The summed E-state index contributed by atoms with van der Waals surface area (Å²) in [4.78, 5) is -0.0904. The van der Waals surface area contributed by atoms with Crippen LogP contribution in [0.4, 0.5) is 8.78 Å². The number of aromatic nitrogens is 1. The summed E-state index contributed by atoms with van der Waals surface area (Å²) in [5.41, 5.74) is 3.32. The minimum Gasteiger partial charge on any atom is -0.395 e. The van der Waals surface area contributed by atoms with Crippen molar-refractivity contribution in [3.63, 3.8) is 0 Å². The molecule has 1 saturated heterocycles. The van der Waals surface area contributed by atoms with E-state index in [4.69, 9.17) is 0 Å². The van der Waals surface area contributed by atoms with Gasteiger partial charge in [0.2, 0.25) is 10.0 Å². The smallest absolute Gasteiger partial charge is 0.395 e. The van der Waals surface area contributed by atoms with Gasteiger partial charge >= 0.3 is 6.29 Å². The quantitative estimate of drug-likeness (QED) is 0.366. The van der Waals surface area contributed by atoms with E-state index in [1.54, 1.807) is 0 Å². The number of sulfonamides is 1. The lowest BCUT2D eigenvalue weighted by atomic mass is 10.0. The topological polar surface area (TPSA) is 60.8 Å². The molecule has 2 aliphatic heterocycles. The van der Waals surface area contributed by atoms with Crippen LogP contribution in [0.2, 0.25) is 0 Å². The van der Waals surface area contributed by atoms with Crippen LogP contribution in [0.5, 0.6) is 11.5 Å². The number of benzene rings is 3. The Balaban J connectivity index is 1.27. The number of ether oxygens (including phenoxy) is 2. The van der Waals surface area contributed by atoms with Crippen molar-refractivity contribution in [1.82, 2.24) is 8.87 Å². The molecule has 0 atom stereocenters. The van der Waals surface area contributed by atoms with Gasteiger partial charge in [0.25, 0.3) is 0 Å². The molecule has 0 bridgehead atoms. The van der Waals surface area contributed by atoms with Crippen LogP contribution in [-0.4, -0.2) is 36.7 Å². The van der Waals surface area contributed by atoms with E-state index in [9.17, 15) is 17.2 Å². The molecule has 35 heavy (non-hydrogen) atoms. The molecule has 1 fully saturated rings. The Morgan fingerprint density at radius 2 is 1.51 bits per heavy atom. The van der Waals surface area contributed by atoms with E-state index >= 15 is 0 Å². The fourth-order valence-corrected chi connectivity index (χ4v) is 6.47. The van der Waals surface area contributed by atoms with Crippen molar-refractivity contribution in [3.8, 4) is 22.8 Å². The normalized spacial score (nSPS) is 18.2. The lowest BCUT2D eigenvalue weighted by Crippen LogP contribution is -2.39. The van der Waals surface area contributed by atoms with E-state index in [2.05, 4.69) is 44.4 Å². The molecule has 0 amide bonds. The number of rotatable bonds is 4. The highest BCUT2D eigenvalue weighted by molar-refractivity contribution is 7.89. The first-order chi connectivity index (χ1) is 16.8. The van der Waals surface area contributed by atoms with Gasteiger partial charge in [0, 0.05) is 41.8 Å². The van der Waals surface area contributed by atoms with E-state index in [-0.39, 0.29) is 22.4 Å². The Kier molecular flexibility index (Phi) is 5.08. The van der Waals surface area contributed by atoms with Crippen LogP contribution in [-0.2, 0) is 10.0 Å². The molecule has 0 aliphatic carbocycles. The molecule has 6 nitrogen and oxygen atoms in total. The van der Waals surface area contributed by atoms with Crippen molar-refractivity contribution >= 4 is 20.9 Å². The van der Waals surface area contributed by atoms with Crippen LogP contribution in [0.1, 0.15) is 18.9 Å². The van der Waals surface area contributed by atoms with Gasteiger partial charge in [0.05, 0.1) is 4.90 Å². The summed E-state index contributed by atoms with van der Waals surface area (Å²) in [5, 5.41) is 1.14. The van der Waals surface area contributed by atoms with Gasteiger partial charge in [0.1, 0.15) is 0 Å². The fraction of sp³-hybridized carbons (Fsp3) is 0.231. The highest BCUT2D eigenvalue weighted by atomic mass is 32.2. The first-order valence-electron chi connectivity index (χ1n) is 11.4. The van der Waals surface area contributed by atoms with Gasteiger partial charge in [-0.2, -0.15) is 4.31 Å². The second-order valence-corrected chi connectivity index (χ2v) is 10.7. The molecule has 3 aromatic carbocycles. The van der Waals surface area contributed by atoms with Crippen molar-refractivity contribution in [2.75, 3.05) is 13.1 Å². The second kappa shape index (κ2) is 8.07. The summed E-state index contributed by atoms with van der Waals surface area (Å²) < 4.78 is 65.8. The molecule has 0 N–H and O–H groups in total. The number of alkyl halides is 2. The van der Waals surface area contributed by atoms with E-state index in [0.717, 1.165) is 28.2 Å². The molecule has 9 heteroatoms. The van der Waals surface area contributed by atoms with Crippen LogP contribution >= 0.6 is 0 Å². The molecule has 4 aromatic rings. The Hall–Kier alpha value is -3.43. The lowest BCUT2D eigenvalue weighted by molar-refractivity contribution is -0.286. The molecule has 0 saturated carbocycles. The molecule has 6 rings (SSSR count). The Labute approximate surface area is 201 Å². The third kappa shape index (κ3) is 3.84. The van der Waals surface area contributed by atoms with Crippen LogP contribution in [0.25, 0.3) is 22.2 Å². The second-order valence-electron chi connectivity index (χ2n) is 8.74. The monoisotopic (exact) mass is 496 g/mol. The predicted octanol–water partition coefficient (Wildman–Crippen LogP) is 5.66. The summed E-state index contributed by atoms with van der Waals surface area (Å²) in [6.45, 7) is 0.636. The summed E-state index contributed by atoms with van der Waals surface area (Å²) in [6.07, 6.45) is -2.54. The summed E-state index contributed by atoms with van der Waals surface area (Å²) in [5.74, 6) is -0.460. The highest BCUT2D eigenvalue weighted by Crippen LogP contribution is 2.43. The van der Waals surface area contributed by atoms with Gasteiger partial charge in [-0.1, -0.05) is 48.5 Å². The Morgan fingerprint density at radius 3 is 2.29 bits per heavy atom. The zero-order chi connectivity index (χ0) is 24.2. The summed E-state index contributed by atoms with van der Waals surface area (Å²) >= 11 is 0. The van der Waals surface area contributed by atoms with Crippen molar-refractivity contribution in [2.45, 2.75) is 30.1 Å². The average Bonchev–Trinajstić information content (AvgIpc) is 3.40. The SMILES string of the molecule is O=S(=O)(c1ccc2c(c1)OC(F)(F)O2)N1CCC(n2c(-c3ccccc3)cc3ccccc32)CC1. The van der Waals surface area contributed by atoms with Crippen LogP contribution < -0.4 is 9.47 Å². The summed E-state index contributed by atoms with van der Waals surface area (Å²) in [6, 6.07) is 24.2. The molecule has 0 spiro atoms. The Bertz CT molecular complexity index is 1510. The lowest BCUT2D eigenvalue weighted by Gasteiger charge is -2.33. The maximum absolute atomic E-state index is 13.4. The molecule has 0 unspecified atom stereocenters. The first-order valence-corrected chi connectivity index (χ1v) is 12.8. The first kappa shape index (κ1) is 22.1. The Morgan fingerprint density at radius 1 is 0.829 bits per heavy atom. The molecule has 1 aromatic heterocycles. The fourth-order valence-electron chi connectivity index (χ4n) is 4.98. The maximum Gasteiger partial charge on any atom is 0.586 e. The number of hydrogen-bond acceptors (Lipinski definition) is 4. The van der Waals surface area contributed by atoms with Crippen LogP contribution in [0.3, 0.4) is 0 Å². The molecular formula is C26H22F2N2O4S. The predicted molar refractivity (Wildman–Crippen MR) is 127 cm³/mol. The number of halogens is 2. The van der Waals surface area contributed by atoms with Gasteiger partial charge < -0.3 is 14.0 Å². The number of piperidine rings is 1. The highest BCUT2D eigenvalue weighted by Gasteiger charge is 2.44. The van der Waals surface area contributed by atoms with Crippen LogP contribution in [0, 0.1) is 0 Å².